The minimum atomic E-state index is -0.569. The standard InChI is InChI=1S/C22H20ClFN4O2/c1-12-9-28(10-13(2)25-12)14-6-18(24)15-8-16(22(29)30-20(15)7-14)19-11-27-5-3-4-17(23)21(27)26-19/h3-8,11-13,25H,9-10H2,1-2H3/t12-,13+. The highest BCUT2D eigenvalue weighted by molar-refractivity contribution is 6.33. The zero-order valence-electron chi connectivity index (χ0n) is 16.5. The van der Waals surface area contributed by atoms with Crippen molar-refractivity contribution in [3.05, 3.63) is 64.0 Å². The Balaban J connectivity index is 1.61. The Bertz CT molecular complexity index is 1320. The van der Waals surface area contributed by atoms with Crippen molar-refractivity contribution in [3.8, 4) is 11.3 Å². The van der Waals surface area contributed by atoms with E-state index in [1.165, 1.54) is 12.1 Å². The van der Waals surface area contributed by atoms with E-state index in [1.807, 2.05) is 0 Å². The first-order valence-corrected chi connectivity index (χ1v) is 10.2. The fourth-order valence-corrected chi connectivity index (χ4v) is 4.38. The number of fused-ring (bicyclic) bond motifs is 2. The van der Waals surface area contributed by atoms with Crippen LogP contribution in [-0.4, -0.2) is 34.6 Å². The molecule has 8 heteroatoms. The fraction of sp³-hybridized carbons (Fsp3) is 0.273. The predicted octanol–water partition coefficient (Wildman–Crippen LogP) is 4.09. The molecule has 1 N–H and O–H groups in total. The van der Waals surface area contributed by atoms with E-state index in [0.29, 0.717) is 22.1 Å². The van der Waals surface area contributed by atoms with E-state index in [2.05, 4.69) is 29.0 Å². The van der Waals surface area contributed by atoms with Crippen LogP contribution in [0.1, 0.15) is 13.8 Å². The monoisotopic (exact) mass is 426 g/mol. The average Bonchev–Trinajstić information content (AvgIpc) is 3.12. The van der Waals surface area contributed by atoms with Crippen LogP contribution in [0.4, 0.5) is 10.1 Å². The summed E-state index contributed by atoms with van der Waals surface area (Å²) in [7, 11) is 0. The molecule has 154 valence electrons. The van der Waals surface area contributed by atoms with Crippen LogP contribution in [0.3, 0.4) is 0 Å². The van der Waals surface area contributed by atoms with E-state index in [0.717, 1.165) is 13.1 Å². The van der Waals surface area contributed by atoms with Gasteiger partial charge in [-0.05, 0) is 38.1 Å². The van der Waals surface area contributed by atoms with Crippen molar-refractivity contribution in [1.29, 1.82) is 0 Å². The molecule has 1 saturated heterocycles. The lowest BCUT2D eigenvalue weighted by Crippen LogP contribution is -2.54. The number of hydrogen-bond acceptors (Lipinski definition) is 5. The molecular weight excluding hydrogens is 407 g/mol. The van der Waals surface area contributed by atoms with E-state index < -0.39 is 11.4 Å². The summed E-state index contributed by atoms with van der Waals surface area (Å²) in [4.78, 5) is 19.2. The van der Waals surface area contributed by atoms with Crippen LogP contribution in [0.2, 0.25) is 5.02 Å². The molecule has 0 amide bonds. The van der Waals surface area contributed by atoms with Gasteiger partial charge in [0.05, 0.1) is 21.7 Å². The Morgan fingerprint density at radius 2 is 2.00 bits per heavy atom. The summed E-state index contributed by atoms with van der Waals surface area (Å²) in [5.74, 6) is -0.437. The summed E-state index contributed by atoms with van der Waals surface area (Å²) in [5.41, 5.74) is 1.45. The lowest BCUT2D eigenvalue weighted by atomic mass is 10.1. The summed E-state index contributed by atoms with van der Waals surface area (Å²) in [6, 6.07) is 8.79. The van der Waals surface area contributed by atoms with Gasteiger partial charge < -0.3 is 19.0 Å². The molecule has 0 saturated carbocycles. The van der Waals surface area contributed by atoms with Crippen LogP contribution >= 0.6 is 11.6 Å². The van der Waals surface area contributed by atoms with E-state index in [9.17, 15) is 4.79 Å². The van der Waals surface area contributed by atoms with Gasteiger partial charge in [-0.15, -0.1) is 0 Å². The Kier molecular flexibility index (Phi) is 4.52. The molecule has 3 aromatic heterocycles. The summed E-state index contributed by atoms with van der Waals surface area (Å²) in [5, 5.41) is 4.16. The van der Waals surface area contributed by atoms with Crippen molar-refractivity contribution in [2.75, 3.05) is 18.0 Å². The van der Waals surface area contributed by atoms with Crippen molar-refractivity contribution in [3.63, 3.8) is 0 Å². The van der Waals surface area contributed by atoms with E-state index in [1.54, 1.807) is 35.0 Å². The first kappa shape index (κ1) is 19.1. The number of imidazole rings is 1. The summed E-state index contributed by atoms with van der Waals surface area (Å²) in [6.07, 6.45) is 3.46. The second kappa shape index (κ2) is 7.11. The van der Waals surface area contributed by atoms with Crippen LogP contribution < -0.4 is 15.8 Å². The van der Waals surface area contributed by atoms with Gasteiger partial charge in [-0.3, -0.25) is 0 Å². The zero-order chi connectivity index (χ0) is 21.0. The molecule has 1 aliphatic heterocycles. The van der Waals surface area contributed by atoms with Gasteiger partial charge in [-0.2, -0.15) is 0 Å². The maximum absolute atomic E-state index is 15.0. The molecule has 0 aliphatic carbocycles. The predicted molar refractivity (Wildman–Crippen MR) is 116 cm³/mol. The molecule has 4 aromatic rings. The first-order valence-electron chi connectivity index (χ1n) is 9.81. The molecule has 0 unspecified atom stereocenters. The van der Waals surface area contributed by atoms with Crippen molar-refractivity contribution in [2.45, 2.75) is 25.9 Å². The molecule has 0 spiro atoms. The smallest absolute Gasteiger partial charge is 0.345 e. The van der Waals surface area contributed by atoms with Gasteiger partial charge in [0.25, 0.3) is 0 Å². The third-order valence-corrected chi connectivity index (χ3v) is 5.72. The number of rotatable bonds is 2. The van der Waals surface area contributed by atoms with Gasteiger partial charge in [-0.25, -0.2) is 14.2 Å². The molecule has 1 aliphatic rings. The van der Waals surface area contributed by atoms with Gasteiger partial charge in [0.15, 0.2) is 5.65 Å². The first-order chi connectivity index (χ1) is 14.4. The highest BCUT2D eigenvalue weighted by atomic mass is 35.5. The van der Waals surface area contributed by atoms with Crippen LogP contribution in [0.25, 0.3) is 27.9 Å². The number of pyridine rings is 1. The number of benzene rings is 1. The maximum atomic E-state index is 15.0. The summed E-state index contributed by atoms with van der Waals surface area (Å²) < 4.78 is 22.3. The van der Waals surface area contributed by atoms with Gasteiger partial charge in [0.2, 0.25) is 0 Å². The SMILES string of the molecule is C[C@@H]1CN(c2cc(F)c3cc(-c4cn5cccc(Cl)c5n4)c(=O)oc3c2)C[C@H](C)N1. The number of anilines is 1. The van der Waals surface area contributed by atoms with Gasteiger partial charge >= 0.3 is 5.63 Å². The highest BCUT2D eigenvalue weighted by Crippen LogP contribution is 2.29. The molecule has 6 nitrogen and oxygen atoms in total. The Hall–Kier alpha value is -2.90. The summed E-state index contributed by atoms with van der Waals surface area (Å²) in [6.45, 7) is 5.68. The van der Waals surface area contributed by atoms with Crippen molar-refractivity contribution in [2.24, 2.45) is 0 Å². The topological polar surface area (TPSA) is 62.8 Å². The van der Waals surface area contributed by atoms with Crippen LogP contribution in [-0.2, 0) is 0 Å². The molecule has 5 rings (SSSR count). The number of nitrogens with one attached hydrogen (secondary N) is 1. The lowest BCUT2D eigenvalue weighted by Gasteiger charge is -2.37. The van der Waals surface area contributed by atoms with E-state index >= 15 is 4.39 Å². The van der Waals surface area contributed by atoms with Gasteiger partial charge in [0.1, 0.15) is 11.4 Å². The van der Waals surface area contributed by atoms with E-state index in [-0.39, 0.29) is 28.6 Å². The van der Waals surface area contributed by atoms with Crippen LogP contribution in [0.5, 0.6) is 0 Å². The molecule has 1 fully saturated rings. The normalized spacial score (nSPS) is 19.7. The van der Waals surface area contributed by atoms with Gasteiger partial charge in [-0.1, -0.05) is 11.6 Å². The quantitative estimate of drug-likeness (QED) is 0.489. The zero-order valence-corrected chi connectivity index (χ0v) is 17.3. The minimum Gasteiger partial charge on any atom is -0.422 e. The Labute approximate surface area is 176 Å². The number of piperazine rings is 1. The molecular formula is C22H20ClFN4O2. The molecule has 0 bridgehead atoms. The van der Waals surface area contributed by atoms with Crippen LogP contribution in [0.15, 0.2) is 51.9 Å². The fourth-order valence-electron chi connectivity index (χ4n) is 4.17. The average molecular weight is 427 g/mol. The minimum absolute atomic E-state index is 0.193. The molecule has 4 heterocycles. The van der Waals surface area contributed by atoms with Crippen molar-refractivity contribution >= 4 is 33.9 Å². The van der Waals surface area contributed by atoms with Crippen molar-refractivity contribution < 1.29 is 8.81 Å². The number of aromatic nitrogens is 2. The Morgan fingerprint density at radius 1 is 1.23 bits per heavy atom. The number of hydrogen-bond donors (Lipinski definition) is 1. The second-order valence-corrected chi connectivity index (χ2v) is 8.28. The molecule has 1 aromatic carbocycles. The summed E-state index contributed by atoms with van der Waals surface area (Å²) >= 11 is 6.18. The second-order valence-electron chi connectivity index (χ2n) is 7.87. The van der Waals surface area contributed by atoms with E-state index in [4.69, 9.17) is 16.0 Å². The Morgan fingerprint density at radius 3 is 2.73 bits per heavy atom. The molecule has 0 radical (unpaired) electrons. The lowest BCUT2D eigenvalue weighted by molar-refractivity contribution is 0.406. The van der Waals surface area contributed by atoms with Crippen LogP contribution in [0, 0.1) is 5.82 Å². The maximum Gasteiger partial charge on any atom is 0.345 e. The highest BCUT2D eigenvalue weighted by Gasteiger charge is 2.23. The number of halogens is 2. The largest absolute Gasteiger partial charge is 0.422 e. The third kappa shape index (κ3) is 3.24. The number of nitrogens with zero attached hydrogens (tertiary/aromatic N) is 3. The van der Waals surface area contributed by atoms with Crippen molar-refractivity contribution in [1.82, 2.24) is 14.7 Å². The molecule has 30 heavy (non-hydrogen) atoms. The third-order valence-electron chi connectivity index (χ3n) is 5.42. The molecule has 2 atom stereocenters. The van der Waals surface area contributed by atoms with Gasteiger partial charge in [0, 0.05) is 49.3 Å².